The first-order valence-corrected chi connectivity index (χ1v) is 6.29. The van der Waals surface area contributed by atoms with Crippen molar-refractivity contribution in [2.75, 3.05) is 7.11 Å². The lowest BCUT2D eigenvalue weighted by molar-refractivity contribution is -0.123. The molecule has 0 aliphatic carbocycles. The number of halogens is 4. The maximum atomic E-state index is 12.8. The number of hydrogen-bond donors (Lipinski definition) is 1. The second-order valence-corrected chi connectivity index (χ2v) is 4.73. The zero-order valence-electron chi connectivity index (χ0n) is 10.9. The molecular weight excluding hydrogens is 309 g/mol. The first-order chi connectivity index (χ1) is 9.81. The van der Waals surface area contributed by atoms with Crippen LogP contribution in [0.5, 0.6) is 5.75 Å². The van der Waals surface area contributed by atoms with Gasteiger partial charge in [-0.3, -0.25) is 5.01 Å². The first-order valence-electron chi connectivity index (χ1n) is 5.92. The van der Waals surface area contributed by atoms with E-state index in [1.165, 1.54) is 7.11 Å². The van der Waals surface area contributed by atoms with Crippen LogP contribution in [0.15, 0.2) is 41.0 Å². The molecule has 1 heterocycles. The Morgan fingerprint density at radius 2 is 1.95 bits per heavy atom. The predicted molar refractivity (Wildman–Crippen MR) is 72.0 cm³/mol. The van der Waals surface area contributed by atoms with Crippen molar-refractivity contribution in [3.8, 4) is 5.75 Å². The van der Waals surface area contributed by atoms with Crippen molar-refractivity contribution in [2.24, 2.45) is 5.10 Å². The number of allylic oxidation sites excluding steroid dienone is 1. The van der Waals surface area contributed by atoms with Crippen LogP contribution in [0.25, 0.3) is 0 Å². The van der Waals surface area contributed by atoms with Crippen LogP contribution in [-0.4, -0.2) is 34.8 Å². The van der Waals surface area contributed by atoms with Gasteiger partial charge in [-0.05, 0) is 23.8 Å². The van der Waals surface area contributed by atoms with Crippen LogP contribution in [0.3, 0.4) is 0 Å². The Morgan fingerprint density at radius 3 is 2.48 bits per heavy atom. The molecule has 1 atom stereocenters. The SMILES string of the molecule is COc1ccc(CN2N=C(Cl)C=C(C(F)(F)F)C2O)cc1. The summed E-state index contributed by atoms with van der Waals surface area (Å²) in [7, 11) is 1.51. The maximum Gasteiger partial charge on any atom is 0.417 e. The highest BCUT2D eigenvalue weighted by Gasteiger charge is 2.42. The van der Waals surface area contributed by atoms with Crippen LogP contribution in [-0.2, 0) is 6.54 Å². The maximum absolute atomic E-state index is 12.8. The van der Waals surface area contributed by atoms with Gasteiger partial charge < -0.3 is 9.84 Å². The number of nitrogens with zero attached hydrogens (tertiary/aromatic N) is 2. The van der Waals surface area contributed by atoms with E-state index in [1.54, 1.807) is 24.3 Å². The summed E-state index contributed by atoms with van der Waals surface area (Å²) < 4.78 is 43.4. The van der Waals surface area contributed by atoms with Gasteiger partial charge >= 0.3 is 6.18 Å². The van der Waals surface area contributed by atoms with Crippen molar-refractivity contribution in [3.63, 3.8) is 0 Å². The molecule has 1 unspecified atom stereocenters. The van der Waals surface area contributed by atoms with E-state index in [9.17, 15) is 18.3 Å². The van der Waals surface area contributed by atoms with Crippen LogP contribution >= 0.6 is 11.6 Å². The number of hydrogen-bond acceptors (Lipinski definition) is 4. The Kier molecular flexibility index (Phi) is 4.43. The Labute approximate surface area is 124 Å². The average Bonchev–Trinajstić information content (AvgIpc) is 2.42. The summed E-state index contributed by atoms with van der Waals surface area (Å²) in [5.74, 6) is 0.621. The zero-order valence-corrected chi connectivity index (χ0v) is 11.7. The average molecular weight is 321 g/mol. The molecule has 0 aromatic heterocycles. The molecule has 1 aromatic rings. The van der Waals surface area contributed by atoms with Crippen molar-refractivity contribution < 1.29 is 23.0 Å². The molecule has 0 radical (unpaired) electrons. The molecule has 1 N–H and O–H groups in total. The molecule has 8 heteroatoms. The molecular formula is C13H12ClF3N2O2. The van der Waals surface area contributed by atoms with Gasteiger partial charge in [0.15, 0.2) is 6.23 Å². The summed E-state index contributed by atoms with van der Waals surface area (Å²) in [6, 6.07) is 6.66. The molecule has 2 rings (SSSR count). The molecule has 1 aliphatic rings. The van der Waals surface area contributed by atoms with E-state index in [0.717, 1.165) is 5.01 Å². The summed E-state index contributed by atoms with van der Waals surface area (Å²) in [6.45, 7) is -0.0190. The van der Waals surface area contributed by atoms with E-state index in [2.05, 4.69) is 5.10 Å². The van der Waals surface area contributed by atoms with E-state index in [0.29, 0.717) is 17.4 Å². The fourth-order valence-corrected chi connectivity index (χ4v) is 2.05. The number of rotatable bonds is 3. The highest BCUT2D eigenvalue weighted by Crippen LogP contribution is 2.33. The monoisotopic (exact) mass is 320 g/mol. The first kappa shape index (κ1) is 15.7. The summed E-state index contributed by atoms with van der Waals surface area (Å²) in [5, 5.41) is 14.1. The van der Waals surface area contributed by atoms with Crippen molar-refractivity contribution in [1.29, 1.82) is 0 Å². The van der Waals surface area contributed by atoms with Gasteiger partial charge in [-0.15, -0.1) is 0 Å². The molecule has 0 amide bonds. The van der Waals surface area contributed by atoms with Crippen LogP contribution in [0.4, 0.5) is 13.2 Å². The normalized spacial score (nSPS) is 19.1. The number of aliphatic hydroxyl groups excluding tert-OH is 1. The Hall–Kier alpha value is -1.73. The Bertz CT molecular complexity index is 570. The van der Waals surface area contributed by atoms with Crippen molar-refractivity contribution in [2.45, 2.75) is 18.9 Å². The van der Waals surface area contributed by atoms with Gasteiger partial charge in [0.25, 0.3) is 0 Å². The van der Waals surface area contributed by atoms with Crippen LogP contribution < -0.4 is 4.74 Å². The van der Waals surface area contributed by atoms with Gasteiger partial charge in [0.2, 0.25) is 0 Å². The van der Waals surface area contributed by atoms with Crippen molar-refractivity contribution >= 4 is 16.8 Å². The van der Waals surface area contributed by atoms with Crippen LogP contribution in [0.1, 0.15) is 5.56 Å². The quantitative estimate of drug-likeness (QED) is 0.931. The number of hydrazone groups is 1. The van der Waals surface area contributed by atoms with Gasteiger partial charge in [0.05, 0.1) is 19.2 Å². The second kappa shape index (κ2) is 5.95. The molecule has 4 nitrogen and oxygen atoms in total. The number of benzene rings is 1. The standard InChI is InChI=1S/C13H12ClF3N2O2/c1-21-9-4-2-8(3-5-9)7-19-12(20)10(13(15,16)17)6-11(14)18-19/h2-6,12,20H,7H2,1H3. The molecule has 1 aromatic carbocycles. The summed E-state index contributed by atoms with van der Waals surface area (Å²) in [5.41, 5.74) is -0.484. The van der Waals surface area contributed by atoms with Crippen LogP contribution in [0, 0.1) is 0 Å². The third-order valence-electron chi connectivity index (χ3n) is 2.89. The zero-order chi connectivity index (χ0) is 15.6. The van der Waals surface area contributed by atoms with Gasteiger partial charge in [0.1, 0.15) is 10.9 Å². The molecule has 0 saturated carbocycles. The van der Waals surface area contributed by atoms with E-state index < -0.39 is 18.0 Å². The van der Waals surface area contributed by atoms with Crippen molar-refractivity contribution in [3.05, 3.63) is 41.5 Å². The fourth-order valence-electron chi connectivity index (χ4n) is 1.84. The third kappa shape index (κ3) is 3.68. The Morgan fingerprint density at radius 1 is 1.33 bits per heavy atom. The summed E-state index contributed by atoms with van der Waals surface area (Å²) >= 11 is 5.59. The number of methoxy groups -OCH3 is 1. The molecule has 21 heavy (non-hydrogen) atoms. The molecule has 114 valence electrons. The second-order valence-electron chi connectivity index (χ2n) is 4.34. The minimum atomic E-state index is -4.67. The summed E-state index contributed by atoms with van der Waals surface area (Å²) in [4.78, 5) is 0. The lowest BCUT2D eigenvalue weighted by Gasteiger charge is -2.30. The molecule has 0 saturated heterocycles. The van der Waals surface area contributed by atoms with E-state index in [-0.39, 0.29) is 11.7 Å². The van der Waals surface area contributed by atoms with E-state index in [1.807, 2.05) is 0 Å². The lowest BCUT2D eigenvalue weighted by Crippen LogP contribution is -2.40. The minimum absolute atomic E-state index is 0.0190. The van der Waals surface area contributed by atoms with Crippen LogP contribution in [0.2, 0.25) is 0 Å². The molecule has 0 fully saturated rings. The number of alkyl halides is 3. The lowest BCUT2D eigenvalue weighted by atomic mass is 10.1. The minimum Gasteiger partial charge on any atom is -0.497 e. The molecule has 1 aliphatic heterocycles. The van der Waals surface area contributed by atoms with Gasteiger partial charge in [-0.1, -0.05) is 23.7 Å². The Balaban J connectivity index is 2.18. The highest BCUT2D eigenvalue weighted by atomic mass is 35.5. The van der Waals surface area contributed by atoms with E-state index in [4.69, 9.17) is 16.3 Å². The molecule has 0 spiro atoms. The van der Waals surface area contributed by atoms with Gasteiger partial charge in [-0.25, -0.2) is 0 Å². The van der Waals surface area contributed by atoms with Gasteiger partial charge in [-0.2, -0.15) is 18.3 Å². The smallest absolute Gasteiger partial charge is 0.417 e. The predicted octanol–water partition coefficient (Wildman–Crippen LogP) is 2.87. The third-order valence-corrected chi connectivity index (χ3v) is 3.07. The van der Waals surface area contributed by atoms with E-state index >= 15 is 0 Å². The highest BCUT2D eigenvalue weighted by molar-refractivity contribution is 6.68. The largest absolute Gasteiger partial charge is 0.497 e. The fraction of sp³-hybridized carbons (Fsp3) is 0.308. The molecule has 0 bridgehead atoms. The summed E-state index contributed by atoms with van der Waals surface area (Å²) in [6.07, 6.45) is -5.95. The topological polar surface area (TPSA) is 45.1 Å². The van der Waals surface area contributed by atoms with Gasteiger partial charge in [0, 0.05) is 0 Å². The number of ether oxygens (including phenoxy) is 1. The van der Waals surface area contributed by atoms with Crippen molar-refractivity contribution in [1.82, 2.24) is 5.01 Å². The number of aliphatic hydroxyl groups is 1.